The van der Waals surface area contributed by atoms with Gasteiger partial charge in [-0.05, 0) is 30.7 Å². The van der Waals surface area contributed by atoms with Crippen LogP contribution in [0.3, 0.4) is 0 Å². The summed E-state index contributed by atoms with van der Waals surface area (Å²) in [6.07, 6.45) is 4.20. The van der Waals surface area contributed by atoms with Crippen LogP contribution in [0.15, 0.2) is 48.8 Å². The first-order valence-electron chi connectivity index (χ1n) is 6.89. The normalized spacial score (nSPS) is 16.3. The minimum atomic E-state index is -0.0944. The van der Waals surface area contributed by atoms with Gasteiger partial charge in [0, 0.05) is 24.5 Å². The molecule has 2 aromatic rings. The monoisotopic (exact) mass is 284 g/mol. The third-order valence-electron chi connectivity index (χ3n) is 3.22. The summed E-state index contributed by atoms with van der Waals surface area (Å²) in [6.45, 7) is 0.472. The molecule has 0 saturated carbocycles. The molecule has 1 aromatic heterocycles. The first-order valence-corrected chi connectivity index (χ1v) is 6.89. The van der Waals surface area contributed by atoms with Crippen LogP contribution in [-0.2, 0) is 4.79 Å². The van der Waals surface area contributed by atoms with E-state index in [0.717, 1.165) is 17.2 Å². The van der Waals surface area contributed by atoms with Crippen molar-refractivity contribution in [2.24, 2.45) is 0 Å². The summed E-state index contributed by atoms with van der Waals surface area (Å²) in [5.41, 5.74) is 0.751. The van der Waals surface area contributed by atoms with E-state index in [-0.39, 0.29) is 12.0 Å². The number of nitrogens with one attached hydrogen (secondary N) is 1. The molecular weight excluding hydrogens is 268 g/mol. The Morgan fingerprint density at radius 3 is 2.76 bits per heavy atom. The SMILES string of the molecule is O=C(CC[C@H]1COc2ccccc2O1)Nc1ccncc1. The average Bonchev–Trinajstić information content (AvgIpc) is 2.54. The molecular formula is C16H16N2O3. The third-order valence-corrected chi connectivity index (χ3v) is 3.22. The van der Waals surface area contributed by atoms with E-state index in [4.69, 9.17) is 9.47 Å². The van der Waals surface area contributed by atoms with Crippen molar-refractivity contribution in [1.82, 2.24) is 4.98 Å². The van der Waals surface area contributed by atoms with Crippen molar-refractivity contribution in [3.8, 4) is 11.5 Å². The molecule has 1 amide bonds. The number of aromatic nitrogens is 1. The highest BCUT2D eigenvalue weighted by Gasteiger charge is 2.21. The predicted octanol–water partition coefficient (Wildman–Crippen LogP) is 2.64. The third kappa shape index (κ3) is 3.51. The summed E-state index contributed by atoms with van der Waals surface area (Å²) in [5.74, 6) is 1.46. The minimum absolute atomic E-state index is 0.0383. The fraction of sp³-hybridized carbons (Fsp3) is 0.250. The van der Waals surface area contributed by atoms with Crippen molar-refractivity contribution in [2.45, 2.75) is 18.9 Å². The van der Waals surface area contributed by atoms with Crippen LogP contribution >= 0.6 is 0 Å². The van der Waals surface area contributed by atoms with Crippen molar-refractivity contribution in [3.63, 3.8) is 0 Å². The lowest BCUT2D eigenvalue weighted by atomic mass is 10.1. The Kier molecular flexibility index (Phi) is 4.00. The maximum absolute atomic E-state index is 11.9. The fourth-order valence-electron chi connectivity index (χ4n) is 2.16. The standard InChI is InChI=1S/C16H16N2O3/c19-16(18-12-7-9-17-10-8-12)6-5-13-11-20-14-3-1-2-4-15(14)21-13/h1-4,7-10,13H,5-6,11H2,(H,17,18,19)/t13-/m0/s1. The molecule has 0 spiro atoms. The Bertz CT molecular complexity index is 616. The smallest absolute Gasteiger partial charge is 0.224 e. The summed E-state index contributed by atoms with van der Waals surface area (Å²) in [5, 5.41) is 2.83. The summed E-state index contributed by atoms with van der Waals surface area (Å²) in [7, 11) is 0. The van der Waals surface area contributed by atoms with Gasteiger partial charge < -0.3 is 14.8 Å². The van der Waals surface area contributed by atoms with Gasteiger partial charge in [-0.25, -0.2) is 0 Å². The Morgan fingerprint density at radius 2 is 1.95 bits per heavy atom. The van der Waals surface area contributed by atoms with E-state index in [1.807, 2.05) is 24.3 Å². The number of nitrogens with zero attached hydrogens (tertiary/aromatic N) is 1. The van der Waals surface area contributed by atoms with E-state index in [0.29, 0.717) is 19.4 Å². The number of rotatable bonds is 4. The second kappa shape index (κ2) is 6.26. The number of carbonyl (C=O) groups excluding carboxylic acids is 1. The number of fused-ring (bicyclic) bond motifs is 1. The molecule has 0 fully saturated rings. The molecule has 5 nitrogen and oxygen atoms in total. The van der Waals surface area contributed by atoms with Crippen LogP contribution in [0.25, 0.3) is 0 Å². The minimum Gasteiger partial charge on any atom is -0.486 e. The molecule has 0 saturated heterocycles. The molecule has 2 heterocycles. The van der Waals surface area contributed by atoms with Gasteiger partial charge in [-0.3, -0.25) is 9.78 Å². The van der Waals surface area contributed by atoms with Crippen molar-refractivity contribution in [1.29, 1.82) is 0 Å². The molecule has 5 heteroatoms. The second-order valence-electron chi connectivity index (χ2n) is 4.82. The number of hydrogen-bond acceptors (Lipinski definition) is 4. The van der Waals surface area contributed by atoms with E-state index < -0.39 is 0 Å². The van der Waals surface area contributed by atoms with Crippen LogP contribution in [0, 0.1) is 0 Å². The van der Waals surface area contributed by atoms with Crippen LogP contribution in [0.1, 0.15) is 12.8 Å². The molecule has 108 valence electrons. The van der Waals surface area contributed by atoms with Gasteiger partial charge in [0.25, 0.3) is 0 Å². The highest BCUT2D eigenvalue weighted by molar-refractivity contribution is 5.90. The lowest BCUT2D eigenvalue weighted by Crippen LogP contribution is -2.30. The Balaban J connectivity index is 1.49. The number of para-hydroxylation sites is 2. The molecule has 1 aliphatic rings. The zero-order chi connectivity index (χ0) is 14.5. The lowest BCUT2D eigenvalue weighted by Gasteiger charge is -2.26. The van der Waals surface area contributed by atoms with E-state index >= 15 is 0 Å². The van der Waals surface area contributed by atoms with Crippen molar-refractivity contribution >= 4 is 11.6 Å². The van der Waals surface area contributed by atoms with Gasteiger partial charge in [-0.15, -0.1) is 0 Å². The van der Waals surface area contributed by atoms with Gasteiger partial charge in [0.2, 0.25) is 5.91 Å². The molecule has 1 N–H and O–H groups in total. The molecule has 0 radical (unpaired) electrons. The van der Waals surface area contributed by atoms with Gasteiger partial charge in [0.1, 0.15) is 12.7 Å². The van der Waals surface area contributed by atoms with Crippen molar-refractivity contribution in [3.05, 3.63) is 48.8 Å². The van der Waals surface area contributed by atoms with Crippen molar-refractivity contribution < 1.29 is 14.3 Å². The number of amides is 1. The van der Waals surface area contributed by atoms with E-state index in [2.05, 4.69) is 10.3 Å². The first-order chi connectivity index (χ1) is 10.3. The summed E-state index contributed by atoms with van der Waals surface area (Å²) < 4.78 is 11.4. The topological polar surface area (TPSA) is 60.5 Å². The number of carbonyl (C=O) groups is 1. The number of ether oxygens (including phenoxy) is 2. The average molecular weight is 284 g/mol. The highest BCUT2D eigenvalue weighted by atomic mass is 16.6. The maximum Gasteiger partial charge on any atom is 0.224 e. The van der Waals surface area contributed by atoms with Gasteiger partial charge in [0.15, 0.2) is 11.5 Å². The molecule has 0 bridgehead atoms. The Hall–Kier alpha value is -2.56. The van der Waals surface area contributed by atoms with Crippen LogP contribution < -0.4 is 14.8 Å². The molecule has 1 aliphatic heterocycles. The van der Waals surface area contributed by atoms with Crippen LogP contribution in [0.2, 0.25) is 0 Å². The zero-order valence-electron chi connectivity index (χ0n) is 11.5. The van der Waals surface area contributed by atoms with Crippen molar-refractivity contribution in [2.75, 3.05) is 11.9 Å². The van der Waals surface area contributed by atoms with E-state index in [9.17, 15) is 4.79 Å². The Morgan fingerprint density at radius 1 is 1.19 bits per heavy atom. The highest BCUT2D eigenvalue weighted by Crippen LogP contribution is 2.31. The van der Waals surface area contributed by atoms with Gasteiger partial charge >= 0.3 is 0 Å². The zero-order valence-corrected chi connectivity index (χ0v) is 11.5. The first kappa shape index (κ1) is 13.4. The number of pyridine rings is 1. The Labute approximate surface area is 122 Å². The number of anilines is 1. The van der Waals surface area contributed by atoms with E-state index in [1.54, 1.807) is 24.5 Å². The van der Waals surface area contributed by atoms with Gasteiger partial charge in [-0.2, -0.15) is 0 Å². The van der Waals surface area contributed by atoms with Crippen LogP contribution in [0.4, 0.5) is 5.69 Å². The quantitative estimate of drug-likeness (QED) is 0.937. The molecule has 1 aromatic carbocycles. The summed E-state index contributed by atoms with van der Waals surface area (Å²) in [6, 6.07) is 11.1. The molecule has 0 unspecified atom stereocenters. The molecule has 3 rings (SSSR count). The summed E-state index contributed by atoms with van der Waals surface area (Å²) in [4.78, 5) is 15.8. The van der Waals surface area contributed by atoms with Gasteiger partial charge in [0.05, 0.1) is 0 Å². The summed E-state index contributed by atoms with van der Waals surface area (Å²) >= 11 is 0. The number of hydrogen-bond donors (Lipinski definition) is 1. The predicted molar refractivity (Wildman–Crippen MR) is 78.5 cm³/mol. The molecule has 21 heavy (non-hydrogen) atoms. The van der Waals surface area contributed by atoms with Crippen LogP contribution in [0.5, 0.6) is 11.5 Å². The van der Waals surface area contributed by atoms with E-state index in [1.165, 1.54) is 0 Å². The lowest BCUT2D eigenvalue weighted by molar-refractivity contribution is -0.116. The second-order valence-corrected chi connectivity index (χ2v) is 4.82. The van der Waals surface area contributed by atoms with Gasteiger partial charge in [-0.1, -0.05) is 12.1 Å². The van der Waals surface area contributed by atoms with Crippen LogP contribution in [-0.4, -0.2) is 23.6 Å². The number of benzene rings is 1. The fourth-order valence-corrected chi connectivity index (χ4v) is 2.16. The molecule has 0 aliphatic carbocycles. The maximum atomic E-state index is 11.9. The molecule has 1 atom stereocenters. The largest absolute Gasteiger partial charge is 0.486 e.